The van der Waals surface area contributed by atoms with Gasteiger partial charge in [0, 0.05) is 48.6 Å². The third-order valence-electron chi connectivity index (χ3n) is 10.9. The van der Waals surface area contributed by atoms with E-state index in [0.29, 0.717) is 0 Å². The Labute approximate surface area is 303 Å². The molecule has 9 rings (SSSR count). The topological polar surface area (TPSA) is 6.48 Å². The van der Waals surface area contributed by atoms with Crippen LogP contribution >= 0.6 is 11.3 Å². The van der Waals surface area contributed by atoms with Crippen LogP contribution < -0.4 is 36.6 Å². The van der Waals surface area contributed by atoms with Crippen molar-refractivity contribution >= 4 is 115 Å². The van der Waals surface area contributed by atoms with Gasteiger partial charge in [0.25, 0.3) is 6.71 Å². The van der Waals surface area contributed by atoms with Gasteiger partial charge in [0.2, 0.25) is 0 Å². The molecule has 0 bridgehead atoms. The summed E-state index contributed by atoms with van der Waals surface area (Å²) in [5, 5.41) is 5.70. The molecular weight excluding hydrogens is 656 g/mol. The quantitative estimate of drug-likeness (QED) is 0.169. The Morgan fingerprint density at radius 1 is 0.520 bits per heavy atom. The Hall–Kier alpha value is -4.36. The summed E-state index contributed by atoms with van der Waals surface area (Å²) in [6, 6.07) is 44.8. The lowest BCUT2D eigenvalue weighted by Gasteiger charge is -2.45. The van der Waals surface area contributed by atoms with Crippen LogP contribution in [0.4, 0.5) is 34.1 Å². The second kappa shape index (κ2) is 11.1. The lowest BCUT2D eigenvalue weighted by atomic mass is 9.33. The molecule has 0 aliphatic carbocycles. The van der Waals surface area contributed by atoms with Crippen LogP contribution in [0.5, 0.6) is 0 Å². The van der Waals surface area contributed by atoms with Gasteiger partial charge in [-0.3, -0.25) is 0 Å². The molecule has 0 spiro atoms. The molecule has 0 amide bonds. The number of benzene rings is 6. The Balaban J connectivity index is 1.41. The van der Waals surface area contributed by atoms with E-state index in [4.69, 9.17) is 0 Å². The fourth-order valence-electron chi connectivity index (χ4n) is 8.25. The van der Waals surface area contributed by atoms with Gasteiger partial charge in [-0.25, -0.2) is 0 Å². The van der Waals surface area contributed by atoms with E-state index in [-0.39, 0.29) is 6.71 Å². The maximum absolute atomic E-state index is 2.60. The first-order valence-corrected chi connectivity index (χ1v) is 25.7. The molecule has 6 heteroatoms. The summed E-state index contributed by atoms with van der Waals surface area (Å²) >= 11 is 1.91. The first kappa shape index (κ1) is 31.6. The standard InChI is InChI=1S/C44H43BN2SSi2/c1-28-13-15-31(16-14-28)47-39-26-29(2)25-38-43(39)45(35-22-24-41-42(44(35)47)34-11-9-10-12-40(34)48-41)36-27-33(50(6,7)8)21-23-37(36)46(38)30-17-19-32(20-18-30)49(3,4)5/h9-27H,1-8H3. The Morgan fingerprint density at radius 2 is 1.14 bits per heavy atom. The van der Waals surface area contributed by atoms with Crippen LogP contribution in [0.2, 0.25) is 39.3 Å². The summed E-state index contributed by atoms with van der Waals surface area (Å²) in [6.07, 6.45) is 0. The highest BCUT2D eigenvalue weighted by Gasteiger charge is 2.44. The van der Waals surface area contributed by atoms with Gasteiger partial charge in [0.05, 0.1) is 21.8 Å². The first-order chi connectivity index (χ1) is 23.9. The highest BCUT2D eigenvalue weighted by molar-refractivity contribution is 7.26. The minimum Gasteiger partial charge on any atom is -0.311 e. The van der Waals surface area contributed by atoms with Crippen LogP contribution in [-0.2, 0) is 0 Å². The van der Waals surface area contributed by atoms with Crippen molar-refractivity contribution in [1.82, 2.24) is 0 Å². The fraction of sp³-hybridized carbons (Fsp3) is 0.182. The number of nitrogens with zero attached hydrogens (tertiary/aromatic N) is 2. The SMILES string of the molecule is Cc1ccc(N2c3cc(C)cc4c3B(c3cc([Si](C)(C)C)ccc3N4c3ccc([Si](C)(C)C)cc3)c3ccc4sc5ccccc5c4c32)cc1. The largest absolute Gasteiger partial charge is 0.311 e. The Morgan fingerprint density at radius 3 is 1.84 bits per heavy atom. The third-order valence-corrected chi connectivity index (χ3v) is 16.1. The van der Waals surface area contributed by atoms with Gasteiger partial charge in [-0.05, 0) is 90.4 Å². The smallest absolute Gasteiger partial charge is 0.252 e. The molecular formula is C44H43BN2SSi2. The first-order valence-electron chi connectivity index (χ1n) is 17.9. The van der Waals surface area contributed by atoms with E-state index in [2.05, 4.69) is 178 Å². The zero-order valence-corrected chi connectivity index (χ0v) is 33.2. The second-order valence-corrected chi connectivity index (χ2v) is 27.7. The zero-order chi connectivity index (χ0) is 34.7. The van der Waals surface area contributed by atoms with Gasteiger partial charge in [0.15, 0.2) is 0 Å². The van der Waals surface area contributed by atoms with E-state index >= 15 is 0 Å². The van der Waals surface area contributed by atoms with Crippen LogP contribution in [0.15, 0.2) is 115 Å². The molecule has 0 atom stereocenters. The van der Waals surface area contributed by atoms with Gasteiger partial charge in [-0.15, -0.1) is 11.3 Å². The summed E-state index contributed by atoms with van der Waals surface area (Å²) in [5.41, 5.74) is 14.4. The number of rotatable bonds is 4. The molecule has 0 unspecified atom stereocenters. The highest BCUT2D eigenvalue weighted by atomic mass is 32.1. The van der Waals surface area contributed by atoms with E-state index in [1.807, 2.05) is 11.3 Å². The summed E-state index contributed by atoms with van der Waals surface area (Å²) in [5.74, 6) is 0. The van der Waals surface area contributed by atoms with E-state index < -0.39 is 16.1 Å². The van der Waals surface area contributed by atoms with Crippen LogP contribution in [0, 0.1) is 13.8 Å². The number of hydrogen-bond acceptors (Lipinski definition) is 3. The molecule has 50 heavy (non-hydrogen) atoms. The molecule has 1 aromatic heterocycles. The molecule has 2 aliphatic rings. The molecule has 0 saturated heterocycles. The lowest BCUT2D eigenvalue weighted by Crippen LogP contribution is -2.62. The van der Waals surface area contributed by atoms with Gasteiger partial charge in [0.1, 0.15) is 0 Å². The molecule has 0 radical (unpaired) electrons. The number of hydrogen-bond donors (Lipinski definition) is 0. The fourth-order valence-corrected chi connectivity index (χ4v) is 11.7. The summed E-state index contributed by atoms with van der Waals surface area (Å²) in [7, 11) is -3.07. The number of fused-ring (bicyclic) bond motifs is 8. The lowest BCUT2D eigenvalue weighted by molar-refractivity contribution is 1.24. The normalized spacial score (nSPS) is 13.9. The molecule has 246 valence electrons. The van der Waals surface area contributed by atoms with E-state index in [9.17, 15) is 0 Å². The van der Waals surface area contributed by atoms with E-state index in [0.717, 1.165) is 0 Å². The van der Waals surface area contributed by atoms with E-state index in [1.165, 1.54) is 92.2 Å². The van der Waals surface area contributed by atoms with Crippen molar-refractivity contribution < 1.29 is 0 Å². The molecule has 0 fully saturated rings. The van der Waals surface area contributed by atoms with Crippen LogP contribution in [0.25, 0.3) is 20.2 Å². The third kappa shape index (κ3) is 4.79. The molecule has 7 aromatic rings. The Bertz CT molecular complexity index is 2490. The van der Waals surface area contributed by atoms with Gasteiger partial charge < -0.3 is 9.80 Å². The zero-order valence-electron chi connectivity index (χ0n) is 30.3. The molecule has 3 heterocycles. The molecule has 0 N–H and O–H groups in total. The highest BCUT2D eigenvalue weighted by Crippen LogP contribution is 2.48. The van der Waals surface area contributed by atoms with Crippen LogP contribution in [0.3, 0.4) is 0 Å². The van der Waals surface area contributed by atoms with Crippen molar-refractivity contribution in [2.24, 2.45) is 0 Å². The summed E-state index contributed by atoms with van der Waals surface area (Å²) in [4.78, 5) is 5.16. The second-order valence-electron chi connectivity index (χ2n) is 16.5. The van der Waals surface area contributed by atoms with Crippen LogP contribution in [0.1, 0.15) is 11.1 Å². The van der Waals surface area contributed by atoms with Gasteiger partial charge >= 0.3 is 0 Å². The van der Waals surface area contributed by atoms with Crippen molar-refractivity contribution in [3.8, 4) is 0 Å². The average molecular weight is 699 g/mol. The van der Waals surface area contributed by atoms with Crippen molar-refractivity contribution in [3.63, 3.8) is 0 Å². The predicted octanol–water partition coefficient (Wildman–Crippen LogP) is 9.84. The minimum absolute atomic E-state index is 0.115. The predicted molar refractivity (Wildman–Crippen MR) is 229 cm³/mol. The molecule has 0 saturated carbocycles. The summed E-state index contributed by atoms with van der Waals surface area (Å²) < 4.78 is 2.68. The van der Waals surface area contributed by atoms with Crippen LogP contribution in [-0.4, -0.2) is 22.9 Å². The molecule has 2 nitrogen and oxygen atoms in total. The monoisotopic (exact) mass is 698 g/mol. The van der Waals surface area contributed by atoms with Crippen molar-refractivity contribution in [1.29, 1.82) is 0 Å². The van der Waals surface area contributed by atoms with Crippen molar-refractivity contribution in [2.45, 2.75) is 53.1 Å². The van der Waals surface area contributed by atoms with Gasteiger partial charge in [-0.2, -0.15) is 0 Å². The molecule has 2 aliphatic heterocycles. The number of thiophene rings is 1. The maximum Gasteiger partial charge on any atom is 0.252 e. The van der Waals surface area contributed by atoms with Crippen molar-refractivity contribution in [3.05, 3.63) is 126 Å². The number of anilines is 6. The van der Waals surface area contributed by atoms with E-state index in [1.54, 1.807) is 0 Å². The minimum atomic E-state index is -1.62. The average Bonchev–Trinajstić information content (AvgIpc) is 3.47. The maximum atomic E-state index is 2.60. The van der Waals surface area contributed by atoms with Crippen molar-refractivity contribution in [2.75, 3.05) is 9.80 Å². The number of aryl methyl sites for hydroxylation is 2. The molecule has 6 aromatic carbocycles. The van der Waals surface area contributed by atoms with Gasteiger partial charge in [-0.1, -0.05) is 116 Å². The Kier molecular flexibility index (Phi) is 7.00. The summed E-state index contributed by atoms with van der Waals surface area (Å²) in [6.45, 7) is 19.3.